The molecule has 1 aliphatic rings. The van der Waals surface area contributed by atoms with Crippen molar-refractivity contribution in [3.63, 3.8) is 0 Å². The summed E-state index contributed by atoms with van der Waals surface area (Å²) in [5.74, 6) is -0.00633. The zero-order valence-corrected chi connectivity index (χ0v) is 21.0. The van der Waals surface area contributed by atoms with E-state index in [0.29, 0.717) is 30.7 Å². The second kappa shape index (κ2) is 10.6. The first kappa shape index (κ1) is 24.3. The molecule has 3 aromatic rings. The molecule has 0 radical (unpaired) electrons. The number of amides is 2. The molecule has 1 aliphatic heterocycles. The summed E-state index contributed by atoms with van der Waals surface area (Å²) >= 11 is 18.7. The number of hydrogen-bond donors (Lipinski definition) is 1. The van der Waals surface area contributed by atoms with Gasteiger partial charge in [-0.05, 0) is 60.5 Å². The molecular weight excluding hydrogens is 511 g/mol. The highest BCUT2D eigenvalue weighted by Crippen LogP contribution is 2.38. The second-order valence-electron chi connectivity index (χ2n) is 7.34. The lowest BCUT2D eigenvalue weighted by atomic mass is 10.2. The van der Waals surface area contributed by atoms with Gasteiger partial charge in [0, 0.05) is 5.69 Å². The van der Waals surface area contributed by atoms with Crippen LogP contribution >= 0.6 is 47.2 Å². The van der Waals surface area contributed by atoms with Crippen LogP contribution in [-0.4, -0.2) is 22.7 Å². The summed E-state index contributed by atoms with van der Waals surface area (Å²) in [6.07, 6.45) is 1.73. The summed E-state index contributed by atoms with van der Waals surface area (Å²) in [4.78, 5) is 27.2. The molecule has 1 saturated heterocycles. The van der Waals surface area contributed by atoms with Crippen molar-refractivity contribution in [1.82, 2.24) is 0 Å². The van der Waals surface area contributed by atoms with E-state index in [1.807, 2.05) is 37.3 Å². The van der Waals surface area contributed by atoms with Gasteiger partial charge in [-0.15, -0.1) is 0 Å². The molecule has 0 saturated carbocycles. The minimum absolute atomic E-state index is 0.142. The number of halogens is 2. The Labute approximate surface area is 216 Å². The van der Waals surface area contributed by atoms with E-state index in [4.69, 9.17) is 40.2 Å². The zero-order valence-electron chi connectivity index (χ0n) is 17.9. The van der Waals surface area contributed by atoms with Gasteiger partial charge in [-0.25, -0.2) is 0 Å². The van der Waals surface area contributed by atoms with E-state index in [1.54, 1.807) is 42.5 Å². The van der Waals surface area contributed by atoms with Gasteiger partial charge in [0.15, 0.2) is 10.9 Å². The van der Waals surface area contributed by atoms with Crippen molar-refractivity contribution < 1.29 is 14.3 Å². The van der Waals surface area contributed by atoms with Gasteiger partial charge < -0.3 is 10.1 Å². The number of anilines is 2. The van der Waals surface area contributed by atoms with Gasteiger partial charge >= 0.3 is 0 Å². The van der Waals surface area contributed by atoms with Crippen LogP contribution in [0.2, 0.25) is 10.0 Å². The fraction of sp³-hybridized carbons (Fsp3) is 0.0800. The Bertz CT molecular complexity index is 1330. The van der Waals surface area contributed by atoms with Crippen molar-refractivity contribution in [2.45, 2.75) is 6.92 Å². The van der Waals surface area contributed by atoms with Crippen molar-refractivity contribution in [3.8, 4) is 5.75 Å². The van der Waals surface area contributed by atoms with Crippen LogP contribution in [0, 0.1) is 6.92 Å². The molecule has 0 bridgehead atoms. The highest BCUT2D eigenvalue weighted by atomic mass is 35.5. The van der Waals surface area contributed by atoms with E-state index in [-0.39, 0.29) is 18.4 Å². The number of nitrogens with zero attached hydrogens (tertiary/aromatic N) is 1. The van der Waals surface area contributed by atoms with Crippen LogP contribution in [0.1, 0.15) is 11.1 Å². The van der Waals surface area contributed by atoms with Gasteiger partial charge in [-0.2, -0.15) is 0 Å². The maximum atomic E-state index is 13.0. The van der Waals surface area contributed by atoms with Gasteiger partial charge in [0.25, 0.3) is 11.8 Å². The number of ether oxygens (including phenoxy) is 1. The van der Waals surface area contributed by atoms with Crippen LogP contribution in [0.4, 0.5) is 11.4 Å². The van der Waals surface area contributed by atoms with Crippen LogP contribution in [-0.2, 0) is 9.59 Å². The molecule has 1 N–H and O–H groups in total. The van der Waals surface area contributed by atoms with E-state index in [2.05, 4.69) is 5.32 Å². The van der Waals surface area contributed by atoms with Crippen molar-refractivity contribution in [1.29, 1.82) is 0 Å². The third kappa shape index (κ3) is 5.62. The zero-order chi connectivity index (χ0) is 24.2. The Morgan fingerprint density at radius 2 is 1.88 bits per heavy atom. The average molecular weight is 529 g/mol. The topological polar surface area (TPSA) is 58.6 Å². The number of carbonyl (C=O) groups is 2. The predicted molar refractivity (Wildman–Crippen MR) is 144 cm³/mol. The number of nitrogens with one attached hydrogen (secondary N) is 1. The second-order valence-corrected chi connectivity index (χ2v) is 9.83. The van der Waals surface area contributed by atoms with Crippen LogP contribution in [0.15, 0.2) is 71.6 Å². The molecule has 2 amide bonds. The van der Waals surface area contributed by atoms with Crippen molar-refractivity contribution in [2.24, 2.45) is 0 Å². The van der Waals surface area contributed by atoms with Gasteiger partial charge in [0.2, 0.25) is 0 Å². The summed E-state index contributed by atoms with van der Waals surface area (Å²) < 4.78 is 6.05. The molecule has 0 unspecified atom stereocenters. The smallest absolute Gasteiger partial charge is 0.270 e. The number of rotatable bonds is 6. The van der Waals surface area contributed by atoms with Crippen LogP contribution < -0.4 is 15.0 Å². The van der Waals surface area contributed by atoms with Gasteiger partial charge in [-0.3, -0.25) is 14.5 Å². The lowest BCUT2D eigenvalue weighted by Gasteiger charge is -2.15. The number of thiocarbonyl (C=S) groups is 1. The number of thioether (sulfide) groups is 1. The SMILES string of the molecule is Cc1ccccc1NC(=O)COc1cccc(/C=C2\SC(=S)N(c3ccc(Cl)c(Cl)c3)C2=O)c1. The predicted octanol–water partition coefficient (Wildman–Crippen LogP) is 6.73. The third-order valence-corrected chi connectivity index (χ3v) is 6.94. The van der Waals surface area contributed by atoms with E-state index in [1.165, 1.54) is 16.7 Å². The van der Waals surface area contributed by atoms with Gasteiger partial charge in [-0.1, -0.05) is 77.5 Å². The van der Waals surface area contributed by atoms with Crippen LogP contribution in [0.5, 0.6) is 5.75 Å². The average Bonchev–Trinajstić information content (AvgIpc) is 3.09. The van der Waals surface area contributed by atoms with Crippen molar-refractivity contribution in [2.75, 3.05) is 16.8 Å². The Morgan fingerprint density at radius 3 is 2.65 bits per heavy atom. The Hall–Kier alpha value is -2.84. The minimum Gasteiger partial charge on any atom is -0.484 e. The lowest BCUT2D eigenvalue weighted by molar-refractivity contribution is -0.118. The summed E-state index contributed by atoms with van der Waals surface area (Å²) in [7, 11) is 0. The molecule has 9 heteroatoms. The molecular formula is C25H18Cl2N2O3S2. The monoisotopic (exact) mass is 528 g/mol. The van der Waals surface area contributed by atoms with Crippen LogP contribution in [0.25, 0.3) is 6.08 Å². The molecule has 1 heterocycles. The minimum atomic E-state index is -0.262. The standard InChI is InChI=1S/C25H18Cl2N2O3S2/c1-15-5-2-3-8-21(15)28-23(30)14-32-18-7-4-6-16(11-18)12-22-24(31)29(25(33)34-22)17-9-10-19(26)20(27)13-17/h2-13H,14H2,1H3,(H,28,30)/b22-12-. The molecule has 0 aliphatic carbocycles. The molecule has 0 aromatic heterocycles. The largest absolute Gasteiger partial charge is 0.484 e. The lowest BCUT2D eigenvalue weighted by Crippen LogP contribution is -2.27. The van der Waals surface area contributed by atoms with E-state index < -0.39 is 0 Å². The van der Waals surface area contributed by atoms with E-state index in [9.17, 15) is 9.59 Å². The number of hydrogen-bond acceptors (Lipinski definition) is 5. The fourth-order valence-electron chi connectivity index (χ4n) is 3.21. The number of para-hydroxylation sites is 1. The summed E-state index contributed by atoms with van der Waals surface area (Å²) in [6, 6.07) is 19.6. The fourth-order valence-corrected chi connectivity index (χ4v) is 4.80. The normalized spacial score (nSPS) is 14.6. The highest BCUT2D eigenvalue weighted by Gasteiger charge is 2.33. The Balaban J connectivity index is 1.44. The number of carbonyl (C=O) groups excluding carboxylic acids is 2. The highest BCUT2D eigenvalue weighted by molar-refractivity contribution is 8.27. The molecule has 172 valence electrons. The summed E-state index contributed by atoms with van der Waals surface area (Å²) in [5.41, 5.74) is 3.01. The number of benzene rings is 3. The maximum Gasteiger partial charge on any atom is 0.270 e. The molecule has 34 heavy (non-hydrogen) atoms. The quantitative estimate of drug-likeness (QED) is 0.284. The Kier molecular flexibility index (Phi) is 7.58. The Morgan fingerprint density at radius 1 is 1.09 bits per heavy atom. The third-order valence-electron chi connectivity index (χ3n) is 4.90. The first-order valence-electron chi connectivity index (χ1n) is 10.1. The molecule has 4 rings (SSSR count). The van der Waals surface area contributed by atoms with E-state index >= 15 is 0 Å². The molecule has 5 nitrogen and oxygen atoms in total. The summed E-state index contributed by atoms with van der Waals surface area (Å²) in [5, 5.41) is 3.57. The molecule has 0 spiro atoms. The van der Waals surface area contributed by atoms with Crippen molar-refractivity contribution >= 4 is 80.8 Å². The first-order chi connectivity index (χ1) is 16.3. The van der Waals surface area contributed by atoms with Gasteiger partial charge in [0.1, 0.15) is 5.75 Å². The summed E-state index contributed by atoms with van der Waals surface area (Å²) in [6.45, 7) is 1.78. The molecule has 1 fully saturated rings. The molecule has 0 atom stereocenters. The van der Waals surface area contributed by atoms with E-state index in [0.717, 1.165) is 16.8 Å². The molecule has 3 aromatic carbocycles. The van der Waals surface area contributed by atoms with Gasteiger partial charge in [0.05, 0.1) is 20.6 Å². The number of aryl methyl sites for hydroxylation is 1. The maximum absolute atomic E-state index is 13.0. The van der Waals surface area contributed by atoms with Crippen molar-refractivity contribution in [3.05, 3.63) is 92.8 Å². The first-order valence-corrected chi connectivity index (χ1v) is 12.1. The van der Waals surface area contributed by atoms with Crippen LogP contribution in [0.3, 0.4) is 0 Å².